The Kier molecular flexibility index (Phi) is 13.0. The molecule has 1 atom stereocenters. The van der Waals surface area contributed by atoms with Crippen molar-refractivity contribution in [2.24, 2.45) is 10.9 Å². The summed E-state index contributed by atoms with van der Waals surface area (Å²) in [5.74, 6) is 1.28. The maximum Gasteiger partial charge on any atom is 2.00 e. The van der Waals surface area contributed by atoms with Gasteiger partial charge in [0.15, 0.2) is 0 Å². The molecule has 1 heterocycles. The van der Waals surface area contributed by atoms with Crippen molar-refractivity contribution in [1.82, 2.24) is 0 Å². The first-order valence-electron chi connectivity index (χ1n) is 10.3. The molecule has 169 valence electrons. The molecule has 0 amide bonds. The quantitative estimate of drug-likeness (QED) is 0.349. The van der Waals surface area contributed by atoms with Crippen molar-refractivity contribution < 1.29 is 37.6 Å². The Bertz CT molecular complexity index is 911. The standard InChI is InChI=1S/C24H24NOP.C3H5.ClH.Pd/c1-18(2)22-17-26-24(25-22)21-15-9-10-16-23(21)27(19-11-5-3-6-12-19)20-13-7-4-8-14-20;1-3-2;;/h3-16,18,22H,17H2,1-2H3;3H,1-2H2;1H;/q;;;+2/p-1/t22-;;;/m1.../s1. The Labute approximate surface area is 214 Å². The van der Waals surface area contributed by atoms with E-state index in [1.807, 2.05) is 0 Å². The molecule has 0 aromatic heterocycles. The summed E-state index contributed by atoms with van der Waals surface area (Å²) in [5.41, 5.74) is 1.12. The predicted octanol–water partition coefficient (Wildman–Crippen LogP) is 2.11. The van der Waals surface area contributed by atoms with Gasteiger partial charge in [-0.2, -0.15) is 0 Å². The minimum Gasteiger partial charge on any atom is -1.00 e. The van der Waals surface area contributed by atoms with Crippen molar-refractivity contribution in [3.63, 3.8) is 0 Å². The summed E-state index contributed by atoms with van der Waals surface area (Å²) >= 11 is 0. The van der Waals surface area contributed by atoms with Crippen LogP contribution in [0.4, 0.5) is 0 Å². The zero-order valence-electron chi connectivity index (χ0n) is 18.4. The van der Waals surface area contributed by atoms with Crippen molar-refractivity contribution in [2.45, 2.75) is 19.9 Å². The summed E-state index contributed by atoms with van der Waals surface area (Å²) in [6.07, 6.45) is 1.50. The van der Waals surface area contributed by atoms with Gasteiger partial charge in [0, 0.05) is 5.56 Å². The van der Waals surface area contributed by atoms with Gasteiger partial charge in [-0.1, -0.05) is 92.7 Å². The van der Waals surface area contributed by atoms with Crippen molar-refractivity contribution in [2.75, 3.05) is 6.61 Å². The second kappa shape index (κ2) is 14.6. The fraction of sp³-hybridized carbons (Fsp3) is 0.185. The van der Waals surface area contributed by atoms with Crippen LogP contribution in [-0.4, -0.2) is 18.5 Å². The van der Waals surface area contributed by atoms with E-state index < -0.39 is 7.92 Å². The summed E-state index contributed by atoms with van der Waals surface area (Å²) in [7, 11) is -0.673. The average Bonchev–Trinajstić information content (AvgIpc) is 3.27. The van der Waals surface area contributed by atoms with Crippen molar-refractivity contribution in [3.05, 3.63) is 111 Å². The molecule has 0 saturated heterocycles. The number of hydrogen-bond acceptors (Lipinski definition) is 2. The second-order valence-electron chi connectivity index (χ2n) is 7.37. The van der Waals surface area contributed by atoms with Crippen LogP contribution in [0.1, 0.15) is 19.4 Å². The number of benzene rings is 3. The largest absolute Gasteiger partial charge is 2.00 e. The number of halogens is 1. The Balaban J connectivity index is 0.000000971. The summed E-state index contributed by atoms with van der Waals surface area (Å²) in [4.78, 5) is 4.89. The Hall–Kier alpha value is -1.49. The molecular weight excluding hydrogens is 527 g/mol. The molecule has 0 saturated carbocycles. The van der Waals surface area contributed by atoms with E-state index in [4.69, 9.17) is 9.73 Å². The first kappa shape index (κ1) is 28.5. The first-order chi connectivity index (χ1) is 14.7. The smallest absolute Gasteiger partial charge is 1.00 e. The van der Waals surface area contributed by atoms with Crippen LogP contribution in [-0.2, 0) is 25.2 Å². The van der Waals surface area contributed by atoms with Crippen LogP contribution in [0.15, 0.2) is 89.9 Å². The zero-order valence-corrected chi connectivity index (χ0v) is 21.6. The Morgan fingerprint density at radius 1 is 0.875 bits per heavy atom. The topological polar surface area (TPSA) is 21.6 Å². The predicted molar refractivity (Wildman–Crippen MR) is 131 cm³/mol. The minimum atomic E-state index is -0.673. The maximum absolute atomic E-state index is 6.04. The normalized spacial score (nSPS) is 14.4. The first-order valence-corrected chi connectivity index (χ1v) is 11.6. The Morgan fingerprint density at radius 2 is 1.34 bits per heavy atom. The molecule has 4 rings (SSSR count). The third-order valence-corrected chi connectivity index (χ3v) is 7.35. The number of hydrogen-bond donors (Lipinski definition) is 0. The van der Waals surface area contributed by atoms with E-state index in [0.29, 0.717) is 12.5 Å². The van der Waals surface area contributed by atoms with Gasteiger partial charge < -0.3 is 17.1 Å². The number of ether oxygens (including phenoxy) is 1. The molecule has 3 aromatic rings. The second-order valence-corrected chi connectivity index (χ2v) is 9.55. The molecule has 3 aromatic carbocycles. The molecule has 3 radical (unpaired) electrons. The molecule has 0 spiro atoms. The average molecular weight is 556 g/mol. The van der Waals surface area contributed by atoms with Crippen molar-refractivity contribution in [3.8, 4) is 0 Å². The van der Waals surface area contributed by atoms with Gasteiger partial charge in [0.25, 0.3) is 0 Å². The van der Waals surface area contributed by atoms with Gasteiger partial charge in [-0.05, 0) is 56.1 Å². The SMILES string of the molecule is CC(C)[C@H]1COC(c2ccccc2P(c2ccccc2)c2ccccc2)=N1.[CH2][CH][CH2].[Cl-].[Pd+2]. The molecule has 32 heavy (non-hydrogen) atoms. The van der Waals surface area contributed by atoms with Gasteiger partial charge >= 0.3 is 20.4 Å². The van der Waals surface area contributed by atoms with E-state index in [0.717, 1.165) is 11.5 Å². The Morgan fingerprint density at radius 3 is 1.81 bits per heavy atom. The van der Waals surface area contributed by atoms with Crippen LogP contribution < -0.4 is 28.3 Å². The third-order valence-electron chi connectivity index (χ3n) is 4.85. The van der Waals surface area contributed by atoms with E-state index >= 15 is 0 Å². The molecule has 1 aliphatic rings. The van der Waals surface area contributed by atoms with Crippen LogP contribution in [0.3, 0.4) is 0 Å². The van der Waals surface area contributed by atoms with E-state index in [1.54, 1.807) is 0 Å². The van der Waals surface area contributed by atoms with Crippen molar-refractivity contribution in [1.29, 1.82) is 0 Å². The zero-order chi connectivity index (χ0) is 21.3. The fourth-order valence-corrected chi connectivity index (χ4v) is 5.75. The molecule has 1 aliphatic heterocycles. The molecule has 0 N–H and O–H groups in total. The van der Waals surface area contributed by atoms with E-state index in [2.05, 4.69) is 113 Å². The van der Waals surface area contributed by atoms with Gasteiger partial charge in [-0.15, -0.1) is 0 Å². The number of rotatable bonds is 5. The van der Waals surface area contributed by atoms with Crippen LogP contribution in [0.2, 0.25) is 0 Å². The number of nitrogens with zero attached hydrogens (tertiary/aromatic N) is 1. The van der Waals surface area contributed by atoms with Gasteiger partial charge in [0.2, 0.25) is 5.90 Å². The monoisotopic (exact) mass is 555 g/mol. The fourth-order valence-electron chi connectivity index (χ4n) is 3.31. The third kappa shape index (κ3) is 7.26. The number of aliphatic imine (C=N–C) groups is 1. The minimum absolute atomic E-state index is 0. The van der Waals surface area contributed by atoms with Crippen molar-refractivity contribution >= 4 is 29.7 Å². The summed E-state index contributed by atoms with van der Waals surface area (Å²) in [5, 5.41) is 3.98. The summed E-state index contributed by atoms with van der Waals surface area (Å²) in [6, 6.07) is 30.4. The summed E-state index contributed by atoms with van der Waals surface area (Å²) < 4.78 is 6.04. The van der Waals surface area contributed by atoms with E-state index in [9.17, 15) is 0 Å². The van der Waals surface area contributed by atoms with Crippen LogP contribution in [0, 0.1) is 26.2 Å². The summed E-state index contributed by atoms with van der Waals surface area (Å²) in [6.45, 7) is 11.6. The molecular formula is C27H29ClNOPPd+. The maximum atomic E-state index is 6.04. The van der Waals surface area contributed by atoms with Gasteiger partial charge in [-0.25, -0.2) is 4.99 Å². The molecule has 0 aliphatic carbocycles. The van der Waals surface area contributed by atoms with Gasteiger partial charge in [0.1, 0.15) is 6.61 Å². The van der Waals surface area contributed by atoms with Crippen LogP contribution >= 0.6 is 7.92 Å². The molecule has 2 nitrogen and oxygen atoms in total. The van der Waals surface area contributed by atoms with Gasteiger partial charge in [0.05, 0.1) is 6.04 Å². The van der Waals surface area contributed by atoms with Gasteiger partial charge in [-0.3, -0.25) is 0 Å². The van der Waals surface area contributed by atoms with E-state index in [1.165, 1.54) is 22.3 Å². The van der Waals surface area contributed by atoms with Crippen LogP contribution in [0.25, 0.3) is 0 Å². The van der Waals surface area contributed by atoms with E-state index in [-0.39, 0.29) is 38.9 Å². The molecule has 5 heteroatoms. The van der Waals surface area contributed by atoms with Crippen LogP contribution in [0.5, 0.6) is 0 Å². The molecule has 0 bridgehead atoms. The molecule has 0 unspecified atom stereocenters. The molecule has 0 fully saturated rings.